The zero-order valence-electron chi connectivity index (χ0n) is 13.3. The number of fused-ring (bicyclic) bond motifs is 1. The maximum atomic E-state index is 5.55. The van der Waals surface area contributed by atoms with Crippen molar-refractivity contribution < 1.29 is 0 Å². The molecule has 7 heteroatoms. The van der Waals surface area contributed by atoms with Crippen LogP contribution < -0.4 is 11.5 Å². The normalized spacial score (nSPS) is 8.67. The van der Waals surface area contributed by atoms with Gasteiger partial charge in [-0.15, -0.1) is 5.10 Å². The molecule has 0 amide bonds. The van der Waals surface area contributed by atoms with E-state index in [1.54, 1.807) is 16.9 Å². The number of nitrogen functional groups attached to an aromatic ring is 1. The number of H-pyrrole nitrogens is 1. The lowest BCUT2D eigenvalue weighted by Crippen LogP contribution is -1.93. The summed E-state index contributed by atoms with van der Waals surface area (Å²) in [5.41, 5.74) is 12.6. The van der Waals surface area contributed by atoms with Crippen LogP contribution in [0.15, 0.2) is 30.6 Å². The average Bonchev–Trinajstić information content (AvgIpc) is 3.21. The Kier molecular flexibility index (Phi) is 9.19. The molecule has 7 nitrogen and oxygen atoms in total. The maximum Gasteiger partial charge on any atom is 0.240 e. The molecule has 0 aliphatic rings. The fourth-order valence-corrected chi connectivity index (χ4v) is 1.53. The highest BCUT2D eigenvalue weighted by Gasteiger charge is 2.06. The van der Waals surface area contributed by atoms with Crippen molar-refractivity contribution in [3.05, 3.63) is 30.6 Å². The molecule has 0 spiro atoms. The molecule has 5 N–H and O–H groups in total. The van der Waals surface area contributed by atoms with E-state index >= 15 is 0 Å². The molecule has 0 atom stereocenters. The maximum absolute atomic E-state index is 5.55. The number of rotatable bonds is 1. The number of hydrogen-bond donors (Lipinski definition) is 3. The van der Waals surface area contributed by atoms with E-state index in [1.165, 1.54) is 7.05 Å². The third-order valence-electron chi connectivity index (χ3n) is 2.17. The number of pyridine rings is 1. The standard InChI is InChI=1S/C9H8N6.2C2H6.CH5N/c10-9-13-8-3-1-2-7(15(8)14-9)6-4-11-12-5-6;3*1-2/h1-5H,(H2,10,14)(H,11,12);2*1-2H3;2H2,1H3. The molecule has 0 saturated heterocycles. The largest absolute Gasteiger partial charge is 0.366 e. The Labute approximate surface area is 125 Å². The lowest BCUT2D eigenvalue weighted by atomic mass is 10.2. The van der Waals surface area contributed by atoms with Gasteiger partial charge in [0.25, 0.3) is 0 Å². The number of nitrogens with zero attached hydrogens (tertiary/aromatic N) is 4. The van der Waals surface area contributed by atoms with E-state index in [4.69, 9.17) is 5.73 Å². The number of nitrogens with one attached hydrogen (secondary N) is 1. The summed E-state index contributed by atoms with van der Waals surface area (Å²) in [6.07, 6.45) is 3.53. The first-order valence-corrected chi connectivity index (χ1v) is 7.03. The minimum absolute atomic E-state index is 0.269. The Morgan fingerprint density at radius 3 is 2.33 bits per heavy atom. The topological polar surface area (TPSA) is 111 Å². The van der Waals surface area contributed by atoms with E-state index in [-0.39, 0.29) is 5.95 Å². The molecule has 0 bridgehead atoms. The van der Waals surface area contributed by atoms with Crippen LogP contribution in [0, 0.1) is 0 Å². The molecule has 0 unspecified atom stereocenters. The Balaban J connectivity index is 0.000000598. The van der Waals surface area contributed by atoms with Crippen LogP contribution >= 0.6 is 0 Å². The second-order valence-corrected chi connectivity index (χ2v) is 3.14. The van der Waals surface area contributed by atoms with Crippen LogP contribution in [-0.4, -0.2) is 31.8 Å². The van der Waals surface area contributed by atoms with Crippen LogP contribution in [-0.2, 0) is 0 Å². The van der Waals surface area contributed by atoms with Gasteiger partial charge < -0.3 is 11.5 Å². The summed E-state index contributed by atoms with van der Waals surface area (Å²) in [4.78, 5) is 4.08. The van der Waals surface area contributed by atoms with E-state index in [0.29, 0.717) is 0 Å². The van der Waals surface area contributed by atoms with Crippen molar-refractivity contribution in [2.75, 3.05) is 12.8 Å². The fourth-order valence-electron chi connectivity index (χ4n) is 1.53. The molecule has 21 heavy (non-hydrogen) atoms. The smallest absolute Gasteiger partial charge is 0.240 e. The summed E-state index contributed by atoms with van der Waals surface area (Å²) in [5.74, 6) is 0.269. The molecule has 0 aromatic carbocycles. The zero-order valence-corrected chi connectivity index (χ0v) is 13.3. The first-order chi connectivity index (χ1) is 10.3. The molecule has 0 saturated carbocycles. The van der Waals surface area contributed by atoms with Gasteiger partial charge in [-0.1, -0.05) is 33.8 Å². The van der Waals surface area contributed by atoms with Crippen molar-refractivity contribution in [2.45, 2.75) is 27.7 Å². The molecule has 0 fully saturated rings. The lowest BCUT2D eigenvalue weighted by molar-refractivity contribution is 0.976. The summed E-state index contributed by atoms with van der Waals surface area (Å²) in [6, 6.07) is 5.70. The Morgan fingerprint density at radius 2 is 1.76 bits per heavy atom. The summed E-state index contributed by atoms with van der Waals surface area (Å²) in [5, 5.41) is 10.8. The van der Waals surface area contributed by atoms with Crippen LogP contribution in [0.3, 0.4) is 0 Å². The highest BCUT2D eigenvalue weighted by atomic mass is 15.3. The Hall–Kier alpha value is -2.41. The summed E-state index contributed by atoms with van der Waals surface area (Å²) < 4.78 is 1.69. The summed E-state index contributed by atoms with van der Waals surface area (Å²) in [6.45, 7) is 8.00. The Bertz CT molecular complexity index is 599. The van der Waals surface area contributed by atoms with Gasteiger partial charge in [-0.05, 0) is 19.2 Å². The third kappa shape index (κ3) is 4.57. The van der Waals surface area contributed by atoms with Gasteiger partial charge in [0.1, 0.15) is 0 Å². The van der Waals surface area contributed by atoms with Crippen molar-refractivity contribution in [3.8, 4) is 11.3 Å². The number of aromatic nitrogens is 5. The van der Waals surface area contributed by atoms with E-state index in [2.05, 4.69) is 26.0 Å². The molecule has 0 aliphatic heterocycles. The predicted octanol–water partition coefficient (Wildman–Crippen LogP) is 2.33. The van der Waals surface area contributed by atoms with Crippen LogP contribution in [0.1, 0.15) is 27.7 Å². The molecule has 3 rings (SSSR count). The monoisotopic (exact) mass is 291 g/mol. The van der Waals surface area contributed by atoms with Crippen LogP contribution in [0.5, 0.6) is 0 Å². The predicted molar refractivity (Wildman–Crippen MR) is 87.8 cm³/mol. The SMILES string of the molecule is CC.CC.CN.Nc1nc2cccc(-c3cn[nH]c3)n2n1. The number of hydrogen-bond acceptors (Lipinski definition) is 5. The summed E-state index contributed by atoms with van der Waals surface area (Å²) >= 11 is 0. The molecular formula is C14H25N7. The van der Waals surface area contributed by atoms with E-state index < -0.39 is 0 Å². The highest BCUT2D eigenvalue weighted by Crippen LogP contribution is 2.18. The van der Waals surface area contributed by atoms with Gasteiger partial charge in [0, 0.05) is 11.8 Å². The van der Waals surface area contributed by atoms with E-state index in [9.17, 15) is 0 Å². The molecule has 0 aliphatic carbocycles. The van der Waals surface area contributed by atoms with Crippen molar-refractivity contribution in [1.29, 1.82) is 0 Å². The van der Waals surface area contributed by atoms with Gasteiger partial charge in [-0.2, -0.15) is 10.1 Å². The quantitative estimate of drug-likeness (QED) is 0.637. The highest BCUT2D eigenvalue weighted by molar-refractivity contribution is 5.61. The Morgan fingerprint density at radius 1 is 1.10 bits per heavy atom. The second kappa shape index (κ2) is 10.4. The number of anilines is 1. The van der Waals surface area contributed by atoms with Gasteiger partial charge in [0.15, 0.2) is 5.65 Å². The average molecular weight is 291 g/mol. The fraction of sp³-hybridized carbons (Fsp3) is 0.357. The van der Waals surface area contributed by atoms with Crippen molar-refractivity contribution in [3.63, 3.8) is 0 Å². The van der Waals surface area contributed by atoms with Crippen LogP contribution in [0.2, 0.25) is 0 Å². The molecule has 116 valence electrons. The lowest BCUT2D eigenvalue weighted by Gasteiger charge is -1.99. The zero-order chi connectivity index (χ0) is 16.3. The van der Waals surface area contributed by atoms with E-state index in [1.807, 2.05) is 45.9 Å². The molecular weight excluding hydrogens is 266 g/mol. The first-order valence-electron chi connectivity index (χ1n) is 7.03. The van der Waals surface area contributed by atoms with Crippen molar-refractivity contribution in [2.24, 2.45) is 5.73 Å². The van der Waals surface area contributed by atoms with Gasteiger partial charge in [-0.25, -0.2) is 4.52 Å². The van der Waals surface area contributed by atoms with Crippen LogP contribution in [0.25, 0.3) is 16.9 Å². The minimum Gasteiger partial charge on any atom is -0.366 e. The number of nitrogens with two attached hydrogens (primary N) is 2. The number of aromatic amines is 1. The first kappa shape index (κ1) is 18.6. The van der Waals surface area contributed by atoms with Gasteiger partial charge in [0.2, 0.25) is 5.95 Å². The molecule has 3 aromatic rings. The minimum atomic E-state index is 0.269. The molecule has 3 aromatic heterocycles. The van der Waals surface area contributed by atoms with Gasteiger partial charge in [-0.3, -0.25) is 5.10 Å². The van der Waals surface area contributed by atoms with Crippen molar-refractivity contribution >= 4 is 11.6 Å². The van der Waals surface area contributed by atoms with Gasteiger partial charge in [0.05, 0.1) is 11.9 Å². The molecule has 0 radical (unpaired) electrons. The molecule has 3 heterocycles. The van der Waals surface area contributed by atoms with Crippen molar-refractivity contribution in [1.82, 2.24) is 24.8 Å². The van der Waals surface area contributed by atoms with Gasteiger partial charge >= 0.3 is 0 Å². The summed E-state index contributed by atoms with van der Waals surface area (Å²) in [7, 11) is 1.50. The second-order valence-electron chi connectivity index (χ2n) is 3.14. The van der Waals surface area contributed by atoms with Crippen LogP contribution in [0.4, 0.5) is 5.95 Å². The van der Waals surface area contributed by atoms with E-state index in [0.717, 1.165) is 16.9 Å². The third-order valence-corrected chi connectivity index (χ3v) is 2.17.